The largest absolute Gasteiger partial charge is 0.493 e. The molecule has 0 bridgehead atoms. The summed E-state index contributed by atoms with van der Waals surface area (Å²) < 4.78 is 12.1. The molecule has 1 N–H and O–H groups in total. The molecule has 1 aromatic heterocycles. The molecule has 0 aliphatic rings. The number of nitrogens with one attached hydrogen (secondary N) is 1. The molecule has 0 radical (unpaired) electrons. The first-order valence-corrected chi connectivity index (χ1v) is 12.2. The summed E-state index contributed by atoms with van der Waals surface area (Å²) in [6.07, 6.45) is 3.39. The van der Waals surface area contributed by atoms with E-state index in [1.807, 2.05) is 39.2 Å². The van der Waals surface area contributed by atoms with Crippen LogP contribution in [0.2, 0.25) is 5.02 Å². The average molecular weight is 496 g/mol. The first kappa shape index (κ1) is 23.7. The second kappa shape index (κ2) is 9.92. The van der Waals surface area contributed by atoms with Gasteiger partial charge in [0.05, 0.1) is 12.9 Å². The topological polar surface area (TPSA) is 51.5 Å². The van der Waals surface area contributed by atoms with E-state index in [1.165, 1.54) is 5.39 Å². The van der Waals surface area contributed by atoms with E-state index < -0.39 is 0 Å². The van der Waals surface area contributed by atoms with Crippen LogP contribution in [0.3, 0.4) is 0 Å². The molecule has 0 atom stereocenters. The fourth-order valence-electron chi connectivity index (χ4n) is 4.63. The number of furan rings is 1. The van der Waals surface area contributed by atoms with Crippen molar-refractivity contribution in [2.75, 3.05) is 11.9 Å². The molecule has 1 heterocycles. The van der Waals surface area contributed by atoms with Crippen molar-refractivity contribution < 1.29 is 13.9 Å². The van der Waals surface area contributed by atoms with Gasteiger partial charge in [-0.15, -0.1) is 0 Å². The number of halogens is 1. The molecular weight excluding hydrogens is 470 g/mol. The Kier molecular flexibility index (Phi) is 6.53. The highest BCUT2D eigenvalue weighted by Crippen LogP contribution is 2.42. The van der Waals surface area contributed by atoms with E-state index in [0.29, 0.717) is 23.1 Å². The SMILES string of the molecule is CCOc1c(/C(C)=C/C(=O)Nc2cccc(Cl)c2)cc2c(-c3cccc4ccccc34)coc2c1C. The van der Waals surface area contributed by atoms with E-state index >= 15 is 0 Å². The maximum atomic E-state index is 12.8. The summed E-state index contributed by atoms with van der Waals surface area (Å²) in [7, 11) is 0. The van der Waals surface area contributed by atoms with Crippen LogP contribution in [0.5, 0.6) is 5.75 Å². The van der Waals surface area contributed by atoms with Gasteiger partial charge >= 0.3 is 0 Å². The van der Waals surface area contributed by atoms with Gasteiger partial charge in [-0.1, -0.05) is 60.1 Å². The van der Waals surface area contributed by atoms with E-state index in [-0.39, 0.29) is 5.91 Å². The molecule has 4 nitrogen and oxygen atoms in total. The summed E-state index contributed by atoms with van der Waals surface area (Å²) in [6.45, 7) is 6.35. The number of carbonyl (C=O) groups excluding carboxylic acids is 1. The van der Waals surface area contributed by atoms with Gasteiger partial charge in [-0.3, -0.25) is 4.79 Å². The Bertz CT molecular complexity index is 1630. The highest BCUT2D eigenvalue weighted by Gasteiger charge is 2.20. The maximum Gasteiger partial charge on any atom is 0.248 e. The minimum Gasteiger partial charge on any atom is -0.493 e. The van der Waals surface area contributed by atoms with Gasteiger partial charge in [0.1, 0.15) is 11.3 Å². The zero-order valence-corrected chi connectivity index (χ0v) is 21.1. The third-order valence-electron chi connectivity index (χ3n) is 6.28. The maximum absolute atomic E-state index is 12.8. The molecule has 0 unspecified atom stereocenters. The summed E-state index contributed by atoms with van der Waals surface area (Å²) >= 11 is 6.06. The van der Waals surface area contributed by atoms with Crippen molar-refractivity contribution in [2.24, 2.45) is 0 Å². The van der Waals surface area contributed by atoms with Crippen molar-refractivity contribution >= 4 is 50.5 Å². The van der Waals surface area contributed by atoms with Crippen molar-refractivity contribution in [3.63, 3.8) is 0 Å². The van der Waals surface area contributed by atoms with Gasteiger partial charge in [0.25, 0.3) is 0 Å². The van der Waals surface area contributed by atoms with E-state index in [2.05, 4.69) is 41.7 Å². The van der Waals surface area contributed by atoms with Crippen molar-refractivity contribution in [2.45, 2.75) is 20.8 Å². The molecule has 0 aliphatic carbocycles. The van der Waals surface area contributed by atoms with Gasteiger partial charge in [-0.05, 0) is 66.9 Å². The standard InChI is InChI=1S/C31H26ClNO3/c1-4-35-30-20(3)31-27(28(18-36-31)25-14-7-10-21-9-5-6-13-24(21)25)17-26(30)19(2)15-29(34)33-23-12-8-11-22(32)16-23/h5-18H,4H2,1-3H3,(H,33,34)/b19-15+. The van der Waals surface area contributed by atoms with Crippen LogP contribution in [-0.4, -0.2) is 12.5 Å². The lowest BCUT2D eigenvalue weighted by molar-refractivity contribution is -0.111. The number of fused-ring (bicyclic) bond motifs is 2. The van der Waals surface area contributed by atoms with Crippen LogP contribution < -0.4 is 10.1 Å². The highest BCUT2D eigenvalue weighted by molar-refractivity contribution is 6.31. The first-order valence-electron chi connectivity index (χ1n) is 11.9. The second-order valence-electron chi connectivity index (χ2n) is 8.69. The third kappa shape index (κ3) is 4.48. The smallest absolute Gasteiger partial charge is 0.248 e. The van der Waals surface area contributed by atoms with Crippen molar-refractivity contribution in [3.05, 3.63) is 101 Å². The highest BCUT2D eigenvalue weighted by atomic mass is 35.5. The molecule has 180 valence electrons. The zero-order chi connectivity index (χ0) is 25.2. The number of anilines is 1. The van der Waals surface area contributed by atoms with Crippen LogP contribution in [0.4, 0.5) is 5.69 Å². The van der Waals surface area contributed by atoms with Crippen molar-refractivity contribution in [1.29, 1.82) is 0 Å². The Balaban J connectivity index is 1.63. The Hall–Kier alpha value is -4.02. The number of benzene rings is 4. The lowest BCUT2D eigenvalue weighted by atomic mass is 9.94. The number of carbonyl (C=O) groups is 1. The summed E-state index contributed by atoms with van der Waals surface area (Å²) in [5.74, 6) is 0.476. The Morgan fingerprint density at radius 3 is 2.58 bits per heavy atom. The summed E-state index contributed by atoms with van der Waals surface area (Å²) in [5.41, 5.74) is 6.06. The molecule has 0 spiro atoms. The minimum atomic E-state index is -0.239. The molecule has 1 amide bonds. The fraction of sp³-hybridized carbons (Fsp3) is 0.129. The molecular formula is C31H26ClNO3. The van der Waals surface area contributed by atoms with E-state index in [4.69, 9.17) is 20.8 Å². The monoisotopic (exact) mass is 495 g/mol. The number of rotatable bonds is 6. The minimum absolute atomic E-state index is 0.239. The molecule has 0 fully saturated rings. The Labute approximate surface area is 215 Å². The number of amides is 1. The van der Waals surface area contributed by atoms with Crippen molar-refractivity contribution in [1.82, 2.24) is 0 Å². The molecule has 5 aromatic rings. The summed E-state index contributed by atoms with van der Waals surface area (Å²) in [4.78, 5) is 12.8. The Morgan fingerprint density at radius 2 is 1.78 bits per heavy atom. The van der Waals surface area contributed by atoms with Gasteiger partial charge in [-0.2, -0.15) is 0 Å². The summed E-state index contributed by atoms with van der Waals surface area (Å²) in [5, 5.41) is 6.75. The van der Waals surface area contributed by atoms with Crippen LogP contribution in [-0.2, 0) is 4.79 Å². The van der Waals surface area contributed by atoms with Gasteiger partial charge in [-0.25, -0.2) is 0 Å². The van der Waals surface area contributed by atoms with Crippen LogP contribution in [0, 0.1) is 6.92 Å². The first-order chi connectivity index (χ1) is 17.5. The van der Waals surface area contributed by atoms with Crippen LogP contribution >= 0.6 is 11.6 Å². The third-order valence-corrected chi connectivity index (χ3v) is 6.51. The van der Waals surface area contributed by atoms with E-state index in [9.17, 15) is 4.79 Å². The fourth-order valence-corrected chi connectivity index (χ4v) is 4.82. The predicted molar refractivity (Wildman–Crippen MR) is 149 cm³/mol. The van der Waals surface area contributed by atoms with Gasteiger partial charge in [0.2, 0.25) is 5.91 Å². The van der Waals surface area contributed by atoms with Crippen LogP contribution in [0.15, 0.2) is 89.6 Å². The molecule has 0 aliphatic heterocycles. The molecule has 0 saturated heterocycles. The zero-order valence-electron chi connectivity index (χ0n) is 20.4. The quantitative estimate of drug-likeness (QED) is 0.240. The summed E-state index contributed by atoms with van der Waals surface area (Å²) in [6, 6.07) is 23.7. The van der Waals surface area contributed by atoms with Gasteiger partial charge in [0, 0.05) is 38.9 Å². The number of hydrogen-bond acceptors (Lipinski definition) is 3. The average Bonchev–Trinajstić information content (AvgIpc) is 3.29. The number of ether oxygens (including phenoxy) is 1. The lowest BCUT2D eigenvalue weighted by Gasteiger charge is -2.15. The van der Waals surface area contributed by atoms with Gasteiger partial charge in [0.15, 0.2) is 0 Å². The predicted octanol–water partition coefficient (Wildman–Crippen LogP) is 8.66. The van der Waals surface area contributed by atoms with Crippen LogP contribution in [0.1, 0.15) is 25.0 Å². The number of allylic oxidation sites excluding steroid dienone is 1. The number of hydrogen-bond donors (Lipinski definition) is 1. The van der Waals surface area contributed by atoms with E-state index in [1.54, 1.807) is 30.3 Å². The van der Waals surface area contributed by atoms with Crippen LogP contribution in [0.25, 0.3) is 38.4 Å². The lowest BCUT2D eigenvalue weighted by Crippen LogP contribution is -2.09. The number of aryl methyl sites for hydroxylation is 1. The van der Waals surface area contributed by atoms with Crippen molar-refractivity contribution in [3.8, 4) is 16.9 Å². The Morgan fingerprint density at radius 1 is 1.00 bits per heavy atom. The normalized spacial score (nSPS) is 11.7. The van der Waals surface area contributed by atoms with Gasteiger partial charge < -0.3 is 14.5 Å². The second-order valence-corrected chi connectivity index (χ2v) is 9.13. The molecule has 0 saturated carbocycles. The molecule has 5 rings (SSSR count). The molecule has 4 aromatic carbocycles. The molecule has 36 heavy (non-hydrogen) atoms. The molecule has 5 heteroatoms. The van der Waals surface area contributed by atoms with E-state index in [0.717, 1.165) is 44.2 Å².